The Bertz CT molecular complexity index is 1130. The maximum atomic E-state index is 13.2. The SMILES string of the molecule is Cc1nc([C@H]2CCCN2C(=O)c2ccc(N)nc2)nc2c1CCCN2CCc1ccccc1. The van der Waals surface area contributed by atoms with Gasteiger partial charge >= 0.3 is 0 Å². The first-order valence-electron chi connectivity index (χ1n) is 11.8. The molecule has 0 radical (unpaired) electrons. The summed E-state index contributed by atoms with van der Waals surface area (Å²) in [6, 6.07) is 13.9. The van der Waals surface area contributed by atoms with Gasteiger partial charge in [-0.1, -0.05) is 30.3 Å². The molecule has 7 heteroatoms. The van der Waals surface area contributed by atoms with Crippen molar-refractivity contribution in [3.8, 4) is 0 Å². The Morgan fingerprint density at radius 3 is 2.73 bits per heavy atom. The molecule has 0 saturated carbocycles. The molecule has 33 heavy (non-hydrogen) atoms. The van der Waals surface area contributed by atoms with Gasteiger partial charge in [-0.25, -0.2) is 15.0 Å². The number of aromatic nitrogens is 3. The minimum Gasteiger partial charge on any atom is -0.384 e. The lowest BCUT2D eigenvalue weighted by Gasteiger charge is -2.32. The van der Waals surface area contributed by atoms with Crippen LogP contribution in [0, 0.1) is 6.92 Å². The molecule has 1 amide bonds. The number of rotatable bonds is 5. The van der Waals surface area contributed by atoms with Gasteiger partial charge in [0, 0.05) is 37.1 Å². The minimum absolute atomic E-state index is 0.0371. The predicted octanol–water partition coefficient (Wildman–Crippen LogP) is 3.73. The summed E-state index contributed by atoms with van der Waals surface area (Å²) in [5.74, 6) is 2.18. The molecule has 1 aromatic carbocycles. The number of benzene rings is 1. The molecule has 2 aliphatic heterocycles. The summed E-state index contributed by atoms with van der Waals surface area (Å²) in [4.78, 5) is 31.6. The number of nitrogens with zero attached hydrogens (tertiary/aromatic N) is 5. The van der Waals surface area contributed by atoms with E-state index >= 15 is 0 Å². The van der Waals surface area contributed by atoms with Crippen LogP contribution in [0.2, 0.25) is 0 Å². The zero-order valence-corrected chi connectivity index (χ0v) is 19.1. The van der Waals surface area contributed by atoms with Crippen LogP contribution in [-0.2, 0) is 12.8 Å². The zero-order chi connectivity index (χ0) is 22.8. The van der Waals surface area contributed by atoms with Gasteiger partial charge in [-0.05, 0) is 56.7 Å². The highest BCUT2D eigenvalue weighted by atomic mass is 16.2. The first-order valence-corrected chi connectivity index (χ1v) is 11.8. The van der Waals surface area contributed by atoms with Crippen molar-refractivity contribution in [1.29, 1.82) is 0 Å². The van der Waals surface area contributed by atoms with Gasteiger partial charge in [0.05, 0.1) is 11.6 Å². The molecule has 1 atom stereocenters. The van der Waals surface area contributed by atoms with Crippen LogP contribution >= 0.6 is 0 Å². The summed E-state index contributed by atoms with van der Waals surface area (Å²) >= 11 is 0. The van der Waals surface area contributed by atoms with Gasteiger partial charge in [0.25, 0.3) is 5.91 Å². The van der Waals surface area contributed by atoms with Crippen LogP contribution in [0.1, 0.15) is 58.3 Å². The van der Waals surface area contributed by atoms with Gasteiger partial charge in [0.1, 0.15) is 11.6 Å². The predicted molar refractivity (Wildman–Crippen MR) is 129 cm³/mol. The Morgan fingerprint density at radius 2 is 1.94 bits per heavy atom. The van der Waals surface area contributed by atoms with Gasteiger partial charge in [0.15, 0.2) is 5.82 Å². The fourth-order valence-corrected chi connectivity index (χ4v) is 4.96. The average Bonchev–Trinajstić information content (AvgIpc) is 3.33. The Balaban J connectivity index is 1.41. The topological polar surface area (TPSA) is 88.2 Å². The second-order valence-electron chi connectivity index (χ2n) is 8.92. The van der Waals surface area contributed by atoms with Crippen molar-refractivity contribution >= 4 is 17.5 Å². The molecule has 170 valence electrons. The first kappa shape index (κ1) is 21.4. The molecule has 0 aliphatic carbocycles. The largest absolute Gasteiger partial charge is 0.384 e. The van der Waals surface area contributed by atoms with E-state index in [9.17, 15) is 4.79 Å². The highest BCUT2D eigenvalue weighted by Gasteiger charge is 2.34. The van der Waals surface area contributed by atoms with Crippen LogP contribution in [-0.4, -0.2) is 45.4 Å². The number of carbonyl (C=O) groups is 1. The van der Waals surface area contributed by atoms with Crippen LogP contribution in [0.3, 0.4) is 0 Å². The van der Waals surface area contributed by atoms with E-state index in [1.165, 1.54) is 11.1 Å². The second kappa shape index (κ2) is 9.17. The van der Waals surface area contributed by atoms with Gasteiger partial charge < -0.3 is 15.5 Å². The highest BCUT2D eigenvalue weighted by Crippen LogP contribution is 2.35. The van der Waals surface area contributed by atoms with Crippen LogP contribution in [0.25, 0.3) is 0 Å². The van der Waals surface area contributed by atoms with Crippen molar-refractivity contribution in [1.82, 2.24) is 19.9 Å². The minimum atomic E-state index is -0.114. The van der Waals surface area contributed by atoms with Gasteiger partial charge in [-0.15, -0.1) is 0 Å². The Morgan fingerprint density at radius 1 is 1.09 bits per heavy atom. The molecule has 3 aromatic rings. The first-order chi connectivity index (χ1) is 16.1. The molecule has 2 N–H and O–H groups in total. The van der Waals surface area contributed by atoms with Crippen LogP contribution < -0.4 is 10.6 Å². The fourth-order valence-electron chi connectivity index (χ4n) is 4.96. The molecule has 5 rings (SSSR count). The van der Waals surface area contributed by atoms with Crippen LogP contribution in [0.5, 0.6) is 0 Å². The molecule has 0 spiro atoms. The average molecular weight is 443 g/mol. The van der Waals surface area contributed by atoms with E-state index in [1.807, 2.05) is 4.90 Å². The molecule has 2 aromatic heterocycles. The molecule has 1 saturated heterocycles. The molecule has 0 unspecified atom stereocenters. The number of pyridine rings is 1. The molecule has 7 nitrogen and oxygen atoms in total. The Labute approximate surface area is 194 Å². The molecular formula is C26H30N6O. The number of carbonyl (C=O) groups excluding carboxylic acids is 1. The number of aryl methyl sites for hydroxylation is 1. The molecular weight excluding hydrogens is 412 g/mol. The van der Waals surface area contributed by atoms with Crippen molar-refractivity contribution in [2.24, 2.45) is 0 Å². The third-order valence-electron chi connectivity index (χ3n) is 6.72. The summed E-state index contributed by atoms with van der Waals surface area (Å²) < 4.78 is 0. The number of fused-ring (bicyclic) bond motifs is 1. The standard InChI is InChI=1S/C26H30N6O/c1-18-21-9-5-14-31(16-13-19-7-3-2-4-8-19)25(21)30-24(29-18)22-10-6-15-32(22)26(33)20-11-12-23(27)28-17-20/h2-4,7-8,11-12,17,22H,5-6,9-10,13-16H2,1H3,(H2,27,28)/t22-/m1/s1. The number of hydrogen-bond acceptors (Lipinski definition) is 6. The quantitative estimate of drug-likeness (QED) is 0.648. The summed E-state index contributed by atoms with van der Waals surface area (Å²) in [5, 5.41) is 0. The third-order valence-corrected chi connectivity index (χ3v) is 6.72. The highest BCUT2D eigenvalue weighted by molar-refractivity contribution is 5.94. The number of amides is 1. The molecule has 0 bridgehead atoms. The number of nitrogens with two attached hydrogens (primary N) is 1. The van der Waals surface area contributed by atoms with E-state index in [-0.39, 0.29) is 11.9 Å². The van der Waals surface area contributed by atoms with Gasteiger partial charge in [-0.2, -0.15) is 0 Å². The lowest BCUT2D eigenvalue weighted by atomic mass is 10.0. The lowest BCUT2D eigenvalue weighted by molar-refractivity contribution is 0.0729. The van der Waals surface area contributed by atoms with Gasteiger partial charge in [-0.3, -0.25) is 4.79 Å². The maximum absolute atomic E-state index is 13.2. The second-order valence-corrected chi connectivity index (χ2v) is 8.92. The summed E-state index contributed by atoms with van der Waals surface area (Å²) in [5.41, 5.74) is 9.86. The number of nitrogen functional groups attached to an aromatic ring is 1. The zero-order valence-electron chi connectivity index (χ0n) is 19.1. The summed E-state index contributed by atoms with van der Waals surface area (Å²) in [6.45, 7) is 4.71. The van der Waals surface area contributed by atoms with Crippen molar-refractivity contribution in [3.05, 3.63) is 76.9 Å². The van der Waals surface area contributed by atoms with E-state index in [2.05, 4.69) is 47.1 Å². The van der Waals surface area contributed by atoms with Gasteiger partial charge in [0.2, 0.25) is 0 Å². The molecule has 2 aliphatic rings. The Hall–Kier alpha value is -3.48. The Kier molecular flexibility index (Phi) is 5.94. The van der Waals surface area contributed by atoms with Crippen LogP contribution in [0.15, 0.2) is 48.7 Å². The molecule has 4 heterocycles. The summed E-state index contributed by atoms with van der Waals surface area (Å²) in [7, 11) is 0. The van der Waals surface area contributed by atoms with Crippen molar-refractivity contribution in [2.75, 3.05) is 30.3 Å². The number of hydrogen-bond donors (Lipinski definition) is 1. The normalized spacial score (nSPS) is 17.8. The van der Waals surface area contributed by atoms with Crippen LogP contribution in [0.4, 0.5) is 11.6 Å². The smallest absolute Gasteiger partial charge is 0.256 e. The van der Waals surface area contributed by atoms with Crippen molar-refractivity contribution in [2.45, 2.75) is 45.1 Å². The van der Waals surface area contributed by atoms with E-state index < -0.39 is 0 Å². The lowest BCUT2D eigenvalue weighted by Crippen LogP contribution is -2.35. The van der Waals surface area contributed by atoms with E-state index in [1.54, 1.807) is 18.3 Å². The number of likely N-dealkylation sites (tertiary alicyclic amines) is 1. The van der Waals surface area contributed by atoms with E-state index in [0.717, 1.165) is 62.5 Å². The molecule has 1 fully saturated rings. The maximum Gasteiger partial charge on any atom is 0.256 e. The number of anilines is 2. The van der Waals surface area contributed by atoms with E-state index in [0.29, 0.717) is 17.9 Å². The fraction of sp³-hybridized carbons (Fsp3) is 0.385. The van der Waals surface area contributed by atoms with Crippen molar-refractivity contribution in [3.63, 3.8) is 0 Å². The van der Waals surface area contributed by atoms with Crippen molar-refractivity contribution < 1.29 is 4.79 Å². The monoisotopic (exact) mass is 442 g/mol. The van der Waals surface area contributed by atoms with E-state index in [4.69, 9.17) is 15.7 Å². The summed E-state index contributed by atoms with van der Waals surface area (Å²) in [6.07, 6.45) is 6.47. The third kappa shape index (κ3) is 4.40.